The highest BCUT2D eigenvalue weighted by Crippen LogP contribution is 2.19. The summed E-state index contributed by atoms with van der Waals surface area (Å²) in [6.45, 7) is 6.67. The third kappa shape index (κ3) is 5.01. The largest absolute Gasteiger partial charge is 0.338 e. The molecule has 0 aromatic carbocycles. The summed E-state index contributed by atoms with van der Waals surface area (Å²) in [5, 5.41) is 6.10. The molecule has 1 atom stereocenters. The van der Waals surface area contributed by atoms with Crippen LogP contribution >= 0.6 is 0 Å². The van der Waals surface area contributed by atoms with Crippen molar-refractivity contribution in [2.24, 2.45) is 5.92 Å². The van der Waals surface area contributed by atoms with Crippen LogP contribution in [0.25, 0.3) is 0 Å². The molecule has 1 saturated carbocycles. The van der Waals surface area contributed by atoms with E-state index in [1.807, 2.05) is 0 Å². The molecular formula is C15H29N3O. The van der Waals surface area contributed by atoms with Gasteiger partial charge in [-0.3, -0.25) is 0 Å². The Balaban J connectivity index is 1.56. The van der Waals surface area contributed by atoms with Crippen LogP contribution in [0.5, 0.6) is 0 Å². The Morgan fingerprint density at radius 2 is 2.00 bits per heavy atom. The van der Waals surface area contributed by atoms with E-state index in [-0.39, 0.29) is 6.03 Å². The van der Waals surface area contributed by atoms with Gasteiger partial charge in [0.15, 0.2) is 0 Å². The van der Waals surface area contributed by atoms with Crippen molar-refractivity contribution in [1.29, 1.82) is 0 Å². The summed E-state index contributed by atoms with van der Waals surface area (Å²) in [6, 6.07) is 0.459. The Morgan fingerprint density at radius 1 is 1.21 bits per heavy atom. The van der Waals surface area contributed by atoms with Gasteiger partial charge in [0.25, 0.3) is 0 Å². The van der Waals surface area contributed by atoms with Gasteiger partial charge in [-0.2, -0.15) is 0 Å². The number of hydrogen-bond acceptors (Lipinski definition) is 2. The molecule has 0 aromatic rings. The average molecular weight is 267 g/mol. The molecule has 2 amide bonds. The van der Waals surface area contributed by atoms with Crippen LogP contribution in [0.4, 0.5) is 4.79 Å². The molecule has 2 fully saturated rings. The van der Waals surface area contributed by atoms with E-state index in [1.165, 1.54) is 38.8 Å². The zero-order valence-electron chi connectivity index (χ0n) is 12.3. The summed E-state index contributed by atoms with van der Waals surface area (Å²) in [5.41, 5.74) is 0. The maximum Gasteiger partial charge on any atom is 0.315 e. The zero-order chi connectivity index (χ0) is 13.5. The first-order chi connectivity index (χ1) is 9.28. The van der Waals surface area contributed by atoms with Crippen molar-refractivity contribution in [3.05, 3.63) is 0 Å². The van der Waals surface area contributed by atoms with Crippen molar-refractivity contribution in [3.63, 3.8) is 0 Å². The van der Waals surface area contributed by atoms with Crippen molar-refractivity contribution in [2.45, 2.75) is 57.9 Å². The Kier molecular flexibility index (Phi) is 5.95. The van der Waals surface area contributed by atoms with Gasteiger partial charge in [0.05, 0.1) is 0 Å². The number of carbonyl (C=O) groups is 1. The fourth-order valence-corrected chi connectivity index (χ4v) is 3.37. The summed E-state index contributed by atoms with van der Waals surface area (Å²) in [4.78, 5) is 14.2. The Hall–Kier alpha value is -0.770. The van der Waals surface area contributed by atoms with Crippen molar-refractivity contribution >= 4 is 6.03 Å². The number of rotatable bonds is 5. The van der Waals surface area contributed by atoms with Gasteiger partial charge in [-0.1, -0.05) is 19.8 Å². The molecule has 1 aliphatic carbocycles. The van der Waals surface area contributed by atoms with Crippen molar-refractivity contribution < 1.29 is 4.79 Å². The van der Waals surface area contributed by atoms with Crippen molar-refractivity contribution in [2.75, 3.05) is 26.2 Å². The second-order valence-electron chi connectivity index (χ2n) is 6.07. The van der Waals surface area contributed by atoms with Crippen LogP contribution in [0.15, 0.2) is 0 Å². The lowest BCUT2D eigenvalue weighted by Gasteiger charge is -2.31. The maximum atomic E-state index is 11.7. The summed E-state index contributed by atoms with van der Waals surface area (Å²) >= 11 is 0. The van der Waals surface area contributed by atoms with Gasteiger partial charge in [-0.05, 0) is 51.1 Å². The lowest BCUT2D eigenvalue weighted by atomic mass is 9.95. The molecule has 0 radical (unpaired) electrons. The minimum atomic E-state index is 0.0371. The van der Waals surface area contributed by atoms with Crippen molar-refractivity contribution in [3.8, 4) is 0 Å². The number of hydrogen-bond donors (Lipinski definition) is 2. The highest BCUT2D eigenvalue weighted by molar-refractivity contribution is 5.74. The Labute approximate surface area is 117 Å². The van der Waals surface area contributed by atoms with E-state index in [1.54, 1.807) is 0 Å². The molecule has 110 valence electrons. The molecule has 2 rings (SSSR count). The minimum absolute atomic E-state index is 0.0371. The molecule has 0 bridgehead atoms. The minimum Gasteiger partial charge on any atom is -0.338 e. The Morgan fingerprint density at radius 3 is 2.74 bits per heavy atom. The fourth-order valence-electron chi connectivity index (χ4n) is 3.37. The first kappa shape index (κ1) is 14.6. The predicted octanol–water partition coefficient (Wildman–Crippen LogP) is 2.35. The summed E-state index contributed by atoms with van der Waals surface area (Å²) < 4.78 is 0. The molecule has 0 unspecified atom stereocenters. The van der Waals surface area contributed by atoms with Gasteiger partial charge in [-0.15, -0.1) is 0 Å². The average Bonchev–Trinajstić information content (AvgIpc) is 2.92. The highest BCUT2D eigenvalue weighted by Gasteiger charge is 2.19. The molecule has 2 aliphatic rings. The van der Waals surface area contributed by atoms with Gasteiger partial charge in [0.1, 0.15) is 0 Å². The monoisotopic (exact) mass is 267 g/mol. The quantitative estimate of drug-likeness (QED) is 0.803. The molecule has 4 nitrogen and oxygen atoms in total. The molecule has 0 spiro atoms. The molecule has 0 aromatic heterocycles. The second-order valence-corrected chi connectivity index (χ2v) is 6.07. The van der Waals surface area contributed by atoms with Crippen LogP contribution in [0.3, 0.4) is 0 Å². The van der Waals surface area contributed by atoms with Crippen LogP contribution in [0.2, 0.25) is 0 Å². The zero-order valence-corrected chi connectivity index (χ0v) is 12.3. The van der Waals surface area contributed by atoms with Crippen molar-refractivity contribution in [1.82, 2.24) is 15.5 Å². The van der Waals surface area contributed by atoms with Crippen LogP contribution < -0.4 is 10.6 Å². The van der Waals surface area contributed by atoms with E-state index < -0.39 is 0 Å². The van der Waals surface area contributed by atoms with Gasteiger partial charge < -0.3 is 15.5 Å². The number of carbonyl (C=O) groups excluding carboxylic acids is 1. The smallest absolute Gasteiger partial charge is 0.315 e. The lowest BCUT2D eigenvalue weighted by molar-refractivity contribution is 0.175. The Bertz CT molecular complexity index is 277. The van der Waals surface area contributed by atoms with Crippen LogP contribution in [0.1, 0.15) is 51.9 Å². The van der Waals surface area contributed by atoms with E-state index >= 15 is 0 Å². The van der Waals surface area contributed by atoms with E-state index in [0.29, 0.717) is 6.04 Å². The number of urea groups is 1. The molecular weight excluding hydrogens is 238 g/mol. The third-order valence-corrected chi connectivity index (χ3v) is 4.58. The second kappa shape index (κ2) is 7.73. The van der Waals surface area contributed by atoms with Gasteiger partial charge >= 0.3 is 6.03 Å². The number of likely N-dealkylation sites (tertiary alicyclic amines) is 1. The fraction of sp³-hybridized carbons (Fsp3) is 0.933. The first-order valence-electron chi connectivity index (χ1n) is 8.04. The predicted molar refractivity (Wildman–Crippen MR) is 78.2 cm³/mol. The molecule has 1 saturated heterocycles. The number of piperidine rings is 1. The first-order valence-corrected chi connectivity index (χ1v) is 8.04. The van der Waals surface area contributed by atoms with E-state index in [0.717, 1.165) is 38.3 Å². The van der Waals surface area contributed by atoms with Crippen LogP contribution in [0, 0.1) is 5.92 Å². The van der Waals surface area contributed by atoms with E-state index in [4.69, 9.17) is 0 Å². The molecule has 4 heteroatoms. The normalized spacial score (nSPS) is 25.4. The number of amides is 2. The summed E-state index contributed by atoms with van der Waals surface area (Å²) in [7, 11) is 0. The van der Waals surface area contributed by atoms with Gasteiger partial charge in [-0.25, -0.2) is 4.79 Å². The third-order valence-electron chi connectivity index (χ3n) is 4.58. The standard InChI is InChI=1S/C15H29N3O/c1-2-18-11-5-6-13(12-18)9-10-16-15(19)17-14-7-3-4-8-14/h13-14H,2-12H2,1H3,(H2,16,17,19)/t13-/m1/s1. The van der Waals surface area contributed by atoms with Crippen LogP contribution in [-0.4, -0.2) is 43.2 Å². The van der Waals surface area contributed by atoms with Crippen LogP contribution in [-0.2, 0) is 0 Å². The molecule has 1 aliphatic heterocycles. The molecule has 19 heavy (non-hydrogen) atoms. The van der Waals surface area contributed by atoms with Gasteiger partial charge in [0.2, 0.25) is 0 Å². The lowest BCUT2D eigenvalue weighted by Crippen LogP contribution is -2.42. The SMILES string of the molecule is CCN1CCC[C@H](CCNC(=O)NC2CCCC2)C1. The molecule has 1 heterocycles. The number of nitrogens with one attached hydrogen (secondary N) is 2. The molecule has 2 N–H and O–H groups in total. The maximum absolute atomic E-state index is 11.7. The topological polar surface area (TPSA) is 44.4 Å². The summed E-state index contributed by atoms with van der Waals surface area (Å²) in [6.07, 6.45) is 8.59. The van der Waals surface area contributed by atoms with E-state index in [9.17, 15) is 4.79 Å². The van der Waals surface area contributed by atoms with Gasteiger partial charge in [0, 0.05) is 19.1 Å². The van der Waals surface area contributed by atoms with E-state index in [2.05, 4.69) is 22.5 Å². The highest BCUT2D eigenvalue weighted by atomic mass is 16.2. The summed E-state index contributed by atoms with van der Waals surface area (Å²) in [5.74, 6) is 0.764. The number of nitrogens with zero attached hydrogens (tertiary/aromatic N) is 1.